The van der Waals surface area contributed by atoms with E-state index in [-0.39, 0.29) is 22.9 Å². The molecule has 3 saturated carbocycles. The Morgan fingerprint density at radius 3 is 2.36 bits per heavy atom. The number of rotatable bonds is 5. The molecule has 1 N–H and O–H groups in total. The second-order valence-electron chi connectivity index (χ2n) is 15.4. The van der Waals surface area contributed by atoms with Gasteiger partial charge in [0.2, 0.25) is 0 Å². The maximum atomic E-state index is 12.4. The van der Waals surface area contributed by atoms with Crippen LogP contribution in [0.2, 0.25) is 19.6 Å². The Kier molecular flexibility index (Phi) is 7.59. The van der Waals surface area contributed by atoms with E-state index in [9.17, 15) is 5.11 Å². The molecular weight excluding hydrogens is 538 g/mol. The highest BCUT2D eigenvalue weighted by Gasteiger charge is 2.66. The number of hydrogen-bond acceptors (Lipinski definition) is 5. The second-order valence-corrected chi connectivity index (χ2v) is 19.9. The molecule has 0 aromatic heterocycles. The fourth-order valence-corrected chi connectivity index (χ4v) is 11.5. The van der Waals surface area contributed by atoms with Crippen LogP contribution in [0, 0.1) is 34.5 Å². The number of allylic oxidation sites excluding steroid dienone is 1. The largest absolute Gasteiger partial charge is 0.413 e. The lowest BCUT2D eigenvalue weighted by molar-refractivity contribution is -0.208. The lowest BCUT2D eigenvalue weighted by Gasteiger charge is -2.59. The molecule has 1 spiro atoms. The van der Waals surface area contributed by atoms with Gasteiger partial charge in [0, 0.05) is 38.5 Å². The maximum absolute atomic E-state index is 12.4. The molecule has 4 fully saturated rings. The van der Waals surface area contributed by atoms with Gasteiger partial charge >= 0.3 is 0 Å². The van der Waals surface area contributed by atoms with Gasteiger partial charge in [-0.05, 0) is 113 Å². The summed E-state index contributed by atoms with van der Waals surface area (Å²) in [7, 11) is 2.43. The monoisotopic (exact) mass is 591 g/mol. The Labute approximate surface area is 255 Å². The molecule has 230 valence electrons. The third-order valence-corrected chi connectivity index (χ3v) is 12.9. The van der Waals surface area contributed by atoms with Gasteiger partial charge in [0.1, 0.15) is 0 Å². The Balaban J connectivity index is 1.48. The van der Waals surface area contributed by atoms with Gasteiger partial charge in [-0.1, -0.05) is 30.6 Å². The van der Waals surface area contributed by atoms with E-state index in [1.54, 1.807) is 0 Å². The minimum Gasteiger partial charge on any atom is -0.413 e. The summed E-state index contributed by atoms with van der Waals surface area (Å²) >= 11 is 0. The number of fused-ring (bicyclic) bond motifs is 4. The zero-order chi connectivity index (χ0) is 30.1. The van der Waals surface area contributed by atoms with E-state index in [2.05, 4.69) is 88.6 Å². The van der Waals surface area contributed by atoms with Crippen LogP contribution in [0.3, 0.4) is 0 Å². The standard InChI is InChI=1S/C36H53NO4Si/c1-9-17-34(25(2)41-42(6,7)8)18-15-30-28-14-19-35(38)24-36(39-21-22-40-36)20-16-31(35)32(28)29(23-33(30,34)3)26-10-12-27(13-11-26)37(4)5/h10-13,25,28-30,38H,14-16,18-24H2,1-8H3/t25-,28+,29-,30+,33+,34-,35-/m1/s1. The first-order valence-electron chi connectivity index (χ1n) is 16.4. The molecule has 0 bridgehead atoms. The molecule has 0 unspecified atom stereocenters. The molecule has 4 aliphatic carbocycles. The van der Waals surface area contributed by atoms with Crippen LogP contribution in [-0.4, -0.2) is 58.2 Å². The highest BCUT2D eigenvalue weighted by molar-refractivity contribution is 6.69. The van der Waals surface area contributed by atoms with Crippen molar-refractivity contribution in [1.29, 1.82) is 0 Å². The molecule has 42 heavy (non-hydrogen) atoms. The minimum atomic E-state index is -1.77. The average molecular weight is 592 g/mol. The third-order valence-electron chi connectivity index (χ3n) is 11.9. The van der Waals surface area contributed by atoms with Crippen molar-refractivity contribution in [1.82, 2.24) is 0 Å². The maximum Gasteiger partial charge on any atom is 0.184 e. The summed E-state index contributed by atoms with van der Waals surface area (Å²) in [5.74, 6) is 7.88. The van der Waals surface area contributed by atoms with Crippen LogP contribution < -0.4 is 4.90 Å². The second kappa shape index (κ2) is 10.5. The van der Waals surface area contributed by atoms with Crippen molar-refractivity contribution in [3.8, 4) is 11.8 Å². The predicted molar refractivity (Wildman–Crippen MR) is 172 cm³/mol. The first kappa shape index (κ1) is 30.4. The predicted octanol–water partition coefficient (Wildman–Crippen LogP) is 7.27. The summed E-state index contributed by atoms with van der Waals surface area (Å²) < 4.78 is 19.2. The number of aliphatic hydroxyl groups is 1. The summed E-state index contributed by atoms with van der Waals surface area (Å²) in [4.78, 5) is 2.17. The number of anilines is 1. The molecular formula is C36H53NO4Si. The van der Waals surface area contributed by atoms with Crippen LogP contribution in [0.4, 0.5) is 5.69 Å². The Bertz CT molecular complexity index is 1280. The number of nitrogens with zero attached hydrogens (tertiary/aromatic N) is 1. The van der Waals surface area contributed by atoms with Crippen LogP contribution >= 0.6 is 0 Å². The zero-order valence-electron chi connectivity index (χ0n) is 27.3. The summed E-state index contributed by atoms with van der Waals surface area (Å²) in [5.41, 5.74) is 4.41. The van der Waals surface area contributed by atoms with Crippen molar-refractivity contribution in [2.45, 2.75) is 115 Å². The Morgan fingerprint density at radius 1 is 1.05 bits per heavy atom. The highest BCUT2D eigenvalue weighted by Crippen LogP contribution is 2.71. The lowest BCUT2D eigenvalue weighted by Crippen LogP contribution is -2.56. The van der Waals surface area contributed by atoms with Gasteiger partial charge in [-0.25, -0.2) is 0 Å². The van der Waals surface area contributed by atoms with Gasteiger partial charge in [-0.3, -0.25) is 0 Å². The van der Waals surface area contributed by atoms with E-state index in [4.69, 9.17) is 13.9 Å². The zero-order valence-corrected chi connectivity index (χ0v) is 28.3. The third kappa shape index (κ3) is 4.74. The number of ether oxygens (including phenoxy) is 2. The summed E-state index contributed by atoms with van der Waals surface area (Å²) in [5, 5.41) is 12.4. The van der Waals surface area contributed by atoms with Crippen LogP contribution in [0.1, 0.15) is 83.6 Å². The molecule has 1 aromatic carbocycles. The minimum absolute atomic E-state index is 0.0116. The van der Waals surface area contributed by atoms with Gasteiger partial charge in [-0.15, -0.1) is 5.92 Å². The molecule has 6 rings (SSSR count). The summed E-state index contributed by atoms with van der Waals surface area (Å²) in [6, 6.07) is 9.22. The van der Waals surface area contributed by atoms with Gasteiger partial charge < -0.3 is 23.9 Å². The molecule has 1 heterocycles. The van der Waals surface area contributed by atoms with Crippen LogP contribution in [0.25, 0.3) is 0 Å². The smallest absolute Gasteiger partial charge is 0.184 e. The van der Waals surface area contributed by atoms with E-state index in [0.717, 1.165) is 38.5 Å². The van der Waals surface area contributed by atoms with Crippen molar-refractivity contribution >= 4 is 14.0 Å². The van der Waals surface area contributed by atoms with Crippen LogP contribution in [0.5, 0.6) is 0 Å². The summed E-state index contributed by atoms with van der Waals surface area (Å²) in [6.07, 6.45) is 7.43. The molecule has 1 aliphatic heterocycles. The fraction of sp³-hybridized carbons (Fsp3) is 0.722. The van der Waals surface area contributed by atoms with Crippen molar-refractivity contribution in [2.24, 2.45) is 22.7 Å². The van der Waals surface area contributed by atoms with Gasteiger partial charge in [0.15, 0.2) is 14.1 Å². The topological polar surface area (TPSA) is 51.2 Å². The van der Waals surface area contributed by atoms with Crippen molar-refractivity contribution in [3.05, 3.63) is 41.0 Å². The average Bonchev–Trinajstić information content (AvgIpc) is 3.49. The normalized spacial score (nSPS) is 37.9. The quantitative estimate of drug-likeness (QED) is 0.222. The molecule has 0 radical (unpaired) electrons. The first-order chi connectivity index (χ1) is 19.8. The molecule has 0 amide bonds. The molecule has 5 nitrogen and oxygen atoms in total. The van der Waals surface area contributed by atoms with E-state index in [1.165, 1.54) is 28.8 Å². The molecule has 7 atom stereocenters. The van der Waals surface area contributed by atoms with Gasteiger partial charge in [0.25, 0.3) is 0 Å². The Morgan fingerprint density at radius 2 is 1.74 bits per heavy atom. The van der Waals surface area contributed by atoms with Crippen LogP contribution in [0.15, 0.2) is 35.4 Å². The SMILES string of the molecule is CC#C[C@]1([C@@H](C)O[Si](C)(C)C)CC[C@H]2[C@@H]3CC[C@@]4(O)CC5(CCC4=C3[C@@H](c3ccc(N(C)C)cc3)C[C@@]21C)OCCO5. The fourth-order valence-electron chi connectivity index (χ4n) is 10.2. The highest BCUT2D eigenvalue weighted by atomic mass is 28.4. The van der Waals surface area contributed by atoms with E-state index in [0.29, 0.717) is 31.5 Å². The van der Waals surface area contributed by atoms with E-state index in [1.807, 2.05) is 6.92 Å². The van der Waals surface area contributed by atoms with Crippen molar-refractivity contribution < 1.29 is 19.0 Å². The first-order valence-corrected chi connectivity index (χ1v) is 19.8. The van der Waals surface area contributed by atoms with Crippen LogP contribution in [-0.2, 0) is 13.9 Å². The Hall–Kier alpha value is -1.62. The summed E-state index contributed by atoms with van der Waals surface area (Å²) in [6.45, 7) is 15.1. The van der Waals surface area contributed by atoms with Gasteiger partial charge in [-0.2, -0.15) is 0 Å². The number of benzene rings is 1. The number of hydrogen-bond donors (Lipinski definition) is 1. The van der Waals surface area contributed by atoms with E-state index < -0.39 is 19.7 Å². The molecule has 1 aromatic rings. The lowest BCUT2D eigenvalue weighted by atomic mass is 9.47. The molecule has 5 aliphatic rings. The van der Waals surface area contributed by atoms with Crippen molar-refractivity contribution in [2.75, 3.05) is 32.2 Å². The molecule has 1 saturated heterocycles. The molecule has 6 heteroatoms. The van der Waals surface area contributed by atoms with Gasteiger partial charge in [0.05, 0.1) is 30.3 Å². The van der Waals surface area contributed by atoms with Crippen molar-refractivity contribution in [3.63, 3.8) is 0 Å². The van der Waals surface area contributed by atoms with E-state index >= 15 is 0 Å².